The minimum absolute atomic E-state index is 0.111. The lowest BCUT2D eigenvalue weighted by Gasteiger charge is -2.14. The van der Waals surface area contributed by atoms with Crippen LogP contribution in [0.1, 0.15) is 16.7 Å². The van der Waals surface area contributed by atoms with E-state index in [9.17, 15) is 13.2 Å². The lowest BCUT2D eigenvalue weighted by molar-refractivity contribution is -0.137. The summed E-state index contributed by atoms with van der Waals surface area (Å²) >= 11 is 0. The Balaban J connectivity index is 2.37. The zero-order valence-corrected chi connectivity index (χ0v) is 11.1. The van der Waals surface area contributed by atoms with E-state index in [0.29, 0.717) is 5.75 Å². The first-order chi connectivity index (χ1) is 9.27. The van der Waals surface area contributed by atoms with Crippen LogP contribution in [0.4, 0.5) is 18.9 Å². The van der Waals surface area contributed by atoms with Crippen molar-refractivity contribution in [3.8, 4) is 11.5 Å². The molecule has 106 valence electrons. The van der Waals surface area contributed by atoms with Gasteiger partial charge in [0.1, 0.15) is 11.5 Å². The lowest BCUT2D eigenvalue weighted by atomic mass is 10.1. The van der Waals surface area contributed by atoms with E-state index in [1.807, 2.05) is 26.0 Å². The van der Waals surface area contributed by atoms with Crippen LogP contribution >= 0.6 is 0 Å². The zero-order valence-electron chi connectivity index (χ0n) is 11.1. The van der Waals surface area contributed by atoms with Crippen LogP contribution in [0.15, 0.2) is 36.4 Å². The summed E-state index contributed by atoms with van der Waals surface area (Å²) in [6.45, 7) is 3.72. The van der Waals surface area contributed by atoms with Crippen molar-refractivity contribution in [3.05, 3.63) is 53.1 Å². The first-order valence-electron chi connectivity index (χ1n) is 5.99. The fourth-order valence-corrected chi connectivity index (χ4v) is 1.79. The van der Waals surface area contributed by atoms with Crippen LogP contribution in [-0.4, -0.2) is 0 Å². The molecular weight excluding hydrogens is 267 g/mol. The molecule has 2 nitrogen and oxygen atoms in total. The number of nitrogen functional groups attached to an aromatic ring is 1. The summed E-state index contributed by atoms with van der Waals surface area (Å²) in [5, 5.41) is 0. The molecule has 0 aromatic heterocycles. The summed E-state index contributed by atoms with van der Waals surface area (Å²) in [5.41, 5.74) is 5.96. The van der Waals surface area contributed by atoms with E-state index in [0.717, 1.165) is 17.2 Å². The van der Waals surface area contributed by atoms with Crippen molar-refractivity contribution in [2.24, 2.45) is 0 Å². The van der Waals surface area contributed by atoms with E-state index in [4.69, 9.17) is 10.5 Å². The van der Waals surface area contributed by atoms with Gasteiger partial charge < -0.3 is 10.5 Å². The molecule has 0 spiro atoms. The summed E-state index contributed by atoms with van der Waals surface area (Å²) in [7, 11) is 0. The van der Waals surface area contributed by atoms with Gasteiger partial charge in [0.15, 0.2) is 0 Å². The largest absolute Gasteiger partial charge is 0.457 e. The molecule has 0 aliphatic rings. The third-order valence-corrected chi connectivity index (χ3v) is 2.90. The quantitative estimate of drug-likeness (QED) is 0.810. The number of nitrogens with two attached hydrogens (primary N) is 1. The highest BCUT2D eigenvalue weighted by Gasteiger charge is 2.33. The maximum absolute atomic E-state index is 12.8. The molecule has 20 heavy (non-hydrogen) atoms. The molecule has 0 amide bonds. The van der Waals surface area contributed by atoms with Crippen molar-refractivity contribution in [1.82, 2.24) is 0 Å². The highest BCUT2D eigenvalue weighted by atomic mass is 19.4. The second-order valence-electron chi connectivity index (χ2n) is 4.62. The number of benzene rings is 2. The molecule has 0 fully saturated rings. The molecule has 2 rings (SSSR count). The van der Waals surface area contributed by atoms with Gasteiger partial charge in [0.05, 0.1) is 5.56 Å². The number of rotatable bonds is 2. The Kier molecular flexibility index (Phi) is 3.61. The molecule has 0 atom stereocenters. The highest BCUT2D eigenvalue weighted by Crippen LogP contribution is 2.37. The minimum atomic E-state index is -4.49. The topological polar surface area (TPSA) is 35.2 Å². The van der Waals surface area contributed by atoms with E-state index >= 15 is 0 Å². The highest BCUT2D eigenvalue weighted by molar-refractivity contribution is 5.53. The number of hydrogen-bond acceptors (Lipinski definition) is 2. The van der Waals surface area contributed by atoms with Crippen LogP contribution in [0.3, 0.4) is 0 Å². The number of ether oxygens (including phenoxy) is 1. The Labute approximate surface area is 115 Å². The summed E-state index contributed by atoms with van der Waals surface area (Å²) < 4.78 is 43.9. The first kappa shape index (κ1) is 14.2. The van der Waals surface area contributed by atoms with Crippen molar-refractivity contribution in [1.29, 1.82) is 0 Å². The van der Waals surface area contributed by atoms with Gasteiger partial charge in [-0.25, -0.2) is 0 Å². The molecule has 0 aliphatic heterocycles. The maximum atomic E-state index is 12.8. The number of alkyl halides is 3. The van der Waals surface area contributed by atoms with Crippen LogP contribution in [0.2, 0.25) is 0 Å². The van der Waals surface area contributed by atoms with Crippen molar-refractivity contribution in [2.45, 2.75) is 20.0 Å². The Morgan fingerprint density at radius 2 is 1.70 bits per heavy atom. The predicted molar refractivity (Wildman–Crippen MR) is 71.8 cm³/mol. The van der Waals surface area contributed by atoms with E-state index in [-0.39, 0.29) is 11.4 Å². The molecule has 0 radical (unpaired) electrons. The first-order valence-corrected chi connectivity index (χ1v) is 5.99. The second kappa shape index (κ2) is 5.07. The summed E-state index contributed by atoms with van der Waals surface area (Å²) in [6, 6.07) is 9.07. The van der Waals surface area contributed by atoms with Crippen LogP contribution in [-0.2, 0) is 6.18 Å². The number of halogens is 3. The fraction of sp³-hybridized carbons (Fsp3) is 0.200. The Bertz CT molecular complexity index is 636. The number of hydrogen-bond donors (Lipinski definition) is 1. The molecule has 2 N–H and O–H groups in total. The van der Waals surface area contributed by atoms with E-state index in [1.54, 1.807) is 6.07 Å². The third-order valence-electron chi connectivity index (χ3n) is 2.90. The van der Waals surface area contributed by atoms with Gasteiger partial charge in [-0.3, -0.25) is 0 Å². The second-order valence-corrected chi connectivity index (χ2v) is 4.62. The van der Waals surface area contributed by atoms with Crippen LogP contribution in [0.5, 0.6) is 11.5 Å². The molecule has 2 aromatic rings. The van der Waals surface area contributed by atoms with Crippen LogP contribution < -0.4 is 10.5 Å². The molecule has 0 heterocycles. The average Bonchev–Trinajstić information content (AvgIpc) is 2.35. The van der Waals surface area contributed by atoms with Crippen LogP contribution in [0, 0.1) is 13.8 Å². The summed E-state index contributed by atoms with van der Waals surface area (Å²) in [5.74, 6) is 0.642. The molecule has 0 unspecified atom stereocenters. The van der Waals surface area contributed by atoms with E-state index in [1.165, 1.54) is 12.1 Å². The smallest absolute Gasteiger partial charge is 0.418 e. The van der Waals surface area contributed by atoms with Crippen LogP contribution in [0.25, 0.3) is 0 Å². The molecule has 2 aromatic carbocycles. The summed E-state index contributed by atoms with van der Waals surface area (Å²) in [4.78, 5) is 0. The van der Waals surface area contributed by atoms with Crippen molar-refractivity contribution < 1.29 is 17.9 Å². The molecular formula is C15H14F3NO. The minimum Gasteiger partial charge on any atom is -0.457 e. The molecule has 0 saturated carbocycles. The van der Waals surface area contributed by atoms with Gasteiger partial charge in [0.2, 0.25) is 0 Å². The number of anilines is 1. The molecule has 5 heteroatoms. The van der Waals surface area contributed by atoms with Gasteiger partial charge in [-0.15, -0.1) is 0 Å². The SMILES string of the molecule is Cc1ccc(C)c(Oc2ccc(N)c(C(F)(F)F)c2)c1. The Morgan fingerprint density at radius 3 is 2.35 bits per heavy atom. The van der Waals surface area contributed by atoms with Gasteiger partial charge >= 0.3 is 6.18 Å². The number of aryl methyl sites for hydroxylation is 2. The van der Waals surface area contributed by atoms with Gasteiger partial charge in [-0.2, -0.15) is 13.2 Å². The summed E-state index contributed by atoms with van der Waals surface area (Å²) in [6.07, 6.45) is -4.49. The zero-order chi connectivity index (χ0) is 14.9. The predicted octanol–water partition coefficient (Wildman–Crippen LogP) is 4.70. The maximum Gasteiger partial charge on any atom is 0.418 e. The van der Waals surface area contributed by atoms with Gasteiger partial charge in [0.25, 0.3) is 0 Å². The third kappa shape index (κ3) is 3.04. The van der Waals surface area contributed by atoms with Gasteiger partial charge in [-0.1, -0.05) is 12.1 Å². The standard InChI is InChI=1S/C15H14F3NO/c1-9-3-4-10(2)14(7-9)20-11-5-6-13(19)12(8-11)15(16,17)18/h3-8H,19H2,1-2H3. The van der Waals surface area contributed by atoms with E-state index in [2.05, 4.69) is 0 Å². The monoisotopic (exact) mass is 281 g/mol. The van der Waals surface area contributed by atoms with Gasteiger partial charge in [-0.05, 0) is 49.2 Å². The Morgan fingerprint density at radius 1 is 1.00 bits per heavy atom. The fourth-order valence-electron chi connectivity index (χ4n) is 1.79. The van der Waals surface area contributed by atoms with Crippen molar-refractivity contribution in [3.63, 3.8) is 0 Å². The van der Waals surface area contributed by atoms with Gasteiger partial charge in [0, 0.05) is 5.69 Å². The van der Waals surface area contributed by atoms with Crippen molar-refractivity contribution in [2.75, 3.05) is 5.73 Å². The lowest BCUT2D eigenvalue weighted by Crippen LogP contribution is -2.08. The van der Waals surface area contributed by atoms with Crippen molar-refractivity contribution >= 4 is 5.69 Å². The molecule has 0 bridgehead atoms. The normalized spacial score (nSPS) is 11.4. The molecule has 0 aliphatic carbocycles. The van der Waals surface area contributed by atoms with E-state index < -0.39 is 11.7 Å². The average molecular weight is 281 g/mol. The molecule has 0 saturated heterocycles. The Hall–Kier alpha value is -2.17.